The maximum atomic E-state index is 9.62. The molecular weight excluding hydrogens is 244 g/mol. The third-order valence-corrected chi connectivity index (χ3v) is 4.03. The molecule has 0 bridgehead atoms. The summed E-state index contributed by atoms with van der Waals surface area (Å²) in [5, 5.41) is 10.3. The van der Waals surface area contributed by atoms with Crippen molar-refractivity contribution in [2.24, 2.45) is 5.92 Å². The fraction of sp³-hybridized carbons (Fsp3) is 0.375. The number of aryl methyl sites for hydroxylation is 1. The molecule has 1 saturated carbocycles. The summed E-state index contributed by atoms with van der Waals surface area (Å²) < 4.78 is 0. The lowest BCUT2D eigenvalue weighted by molar-refractivity contribution is 0.334. The van der Waals surface area contributed by atoms with Gasteiger partial charge in [-0.05, 0) is 55.4 Å². The molecule has 0 spiro atoms. The molecule has 1 aromatic carbocycles. The van der Waals surface area contributed by atoms with Crippen LogP contribution in [0.4, 0.5) is 0 Å². The lowest BCUT2D eigenvalue weighted by Gasteiger charge is -2.16. The summed E-state index contributed by atoms with van der Waals surface area (Å²) in [5.41, 5.74) is 5.14. The second-order valence-corrected chi connectivity index (χ2v) is 5.41. The molecule has 2 rings (SSSR count). The number of allylic oxidation sites excluding steroid dienone is 1. The van der Waals surface area contributed by atoms with Crippen molar-refractivity contribution < 1.29 is 5.11 Å². The minimum atomic E-state index is 0.0336. The second-order valence-electron chi connectivity index (χ2n) is 5.00. The summed E-state index contributed by atoms with van der Waals surface area (Å²) >= 11 is 6.26. The van der Waals surface area contributed by atoms with Gasteiger partial charge in [-0.3, -0.25) is 0 Å². The van der Waals surface area contributed by atoms with Crippen LogP contribution in [0.15, 0.2) is 35.9 Å². The molecule has 1 aliphatic carbocycles. The minimum absolute atomic E-state index is 0.0336. The second kappa shape index (κ2) is 5.29. The average molecular weight is 263 g/mol. The van der Waals surface area contributed by atoms with Crippen molar-refractivity contribution in [3.63, 3.8) is 0 Å². The molecule has 1 N–H and O–H groups in total. The highest BCUT2D eigenvalue weighted by molar-refractivity contribution is 6.32. The van der Waals surface area contributed by atoms with Crippen LogP contribution in [0.1, 0.15) is 30.9 Å². The number of hydrogen-bond donors (Lipinski definition) is 1. The number of hydrogen-bond acceptors (Lipinski definition) is 1. The van der Waals surface area contributed by atoms with Crippen LogP contribution < -0.4 is 0 Å². The predicted molar refractivity (Wildman–Crippen MR) is 77.7 cm³/mol. The predicted octanol–water partition coefficient (Wildman–Crippen LogP) is 4.38. The van der Waals surface area contributed by atoms with E-state index in [2.05, 4.69) is 13.5 Å². The Labute approximate surface area is 114 Å². The van der Waals surface area contributed by atoms with E-state index in [0.29, 0.717) is 10.9 Å². The molecule has 0 atom stereocenters. The Morgan fingerprint density at radius 1 is 1.44 bits per heavy atom. The third kappa shape index (κ3) is 2.52. The van der Waals surface area contributed by atoms with Crippen LogP contribution >= 0.6 is 11.6 Å². The molecule has 0 heterocycles. The van der Waals surface area contributed by atoms with Crippen LogP contribution in [0.2, 0.25) is 5.02 Å². The Morgan fingerprint density at radius 3 is 2.61 bits per heavy atom. The standard InChI is InChI=1S/C16H19ClO/c1-10-5-4-6-15(17)16(10)12(3)14(9-18)11(2)13-7-8-13/h4-6,13,18H,3,7-9H2,1-2H3/b14-11+. The molecule has 18 heavy (non-hydrogen) atoms. The van der Waals surface area contributed by atoms with Gasteiger partial charge >= 0.3 is 0 Å². The van der Waals surface area contributed by atoms with E-state index in [4.69, 9.17) is 11.6 Å². The zero-order chi connectivity index (χ0) is 13.3. The van der Waals surface area contributed by atoms with Crippen molar-refractivity contribution in [3.8, 4) is 0 Å². The number of rotatable bonds is 4. The summed E-state index contributed by atoms with van der Waals surface area (Å²) in [6.07, 6.45) is 2.45. The molecule has 1 fully saturated rings. The van der Waals surface area contributed by atoms with Gasteiger partial charge in [-0.25, -0.2) is 0 Å². The normalized spacial score (nSPS) is 16.4. The van der Waals surface area contributed by atoms with Crippen LogP contribution in [0, 0.1) is 12.8 Å². The highest BCUT2D eigenvalue weighted by Crippen LogP contribution is 2.41. The molecule has 0 amide bonds. The maximum Gasteiger partial charge on any atom is 0.0687 e. The minimum Gasteiger partial charge on any atom is -0.392 e. The fourth-order valence-electron chi connectivity index (χ4n) is 2.39. The van der Waals surface area contributed by atoms with Gasteiger partial charge in [0, 0.05) is 10.6 Å². The van der Waals surface area contributed by atoms with Gasteiger partial charge in [0.2, 0.25) is 0 Å². The van der Waals surface area contributed by atoms with E-state index in [9.17, 15) is 5.11 Å². The Kier molecular flexibility index (Phi) is 3.94. The van der Waals surface area contributed by atoms with Crippen LogP contribution in [-0.2, 0) is 0 Å². The number of aliphatic hydroxyl groups is 1. The van der Waals surface area contributed by atoms with Crippen molar-refractivity contribution >= 4 is 17.2 Å². The Morgan fingerprint density at radius 2 is 2.11 bits per heavy atom. The number of benzene rings is 1. The highest BCUT2D eigenvalue weighted by atomic mass is 35.5. The Balaban J connectivity index is 2.44. The van der Waals surface area contributed by atoms with Gasteiger partial charge in [0.1, 0.15) is 0 Å². The molecule has 0 radical (unpaired) electrons. The quantitative estimate of drug-likeness (QED) is 0.799. The van der Waals surface area contributed by atoms with Crippen LogP contribution in [0.25, 0.3) is 5.57 Å². The van der Waals surface area contributed by atoms with Gasteiger partial charge in [0.05, 0.1) is 6.61 Å². The van der Waals surface area contributed by atoms with Crippen LogP contribution in [0.3, 0.4) is 0 Å². The molecule has 0 saturated heterocycles. The van der Waals surface area contributed by atoms with E-state index in [1.807, 2.05) is 25.1 Å². The highest BCUT2D eigenvalue weighted by Gasteiger charge is 2.26. The van der Waals surface area contributed by atoms with E-state index in [-0.39, 0.29) is 6.61 Å². The van der Waals surface area contributed by atoms with E-state index < -0.39 is 0 Å². The molecule has 0 aliphatic heterocycles. The van der Waals surface area contributed by atoms with Gasteiger partial charge < -0.3 is 5.11 Å². The smallest absolute Gasteiger partial charge is 0.0687 e. The summed E-state index contributed by atoms with van der Waals surface area (Å²) in [5.74, 6) is 0.631. The summed E-state index contributed by atoms with van der Waals surface area (Å²) in [4.78, 5) is 0. The van der Waals surface area contributed by atoms with Crippen LogP contribution in [-0.4, -0.2) is 11.7 Å². The molecule has 0 unspecified atom stereocenters. The first-order chi connectivity index (χ1) is 8.56. The third-order valence-electron chi connectivity index (χ3n) is 3.71. The molecule has 0 aromatic heterocycles. The van der Waals surface area contributed by atoms with Crippen LogP contribution in [0.5, 0.6) is 0 Å². The van der Waals surface area contributed by atoms with E-state index in [1.165, 1.54) is 18.4 Å². The fourth-order valence-corrected chi connectivity index (χ4v) is 2.72. The van der Waals surface area contributed by atoms with Crippen molar-refractivity contribution in [2.75, 3.05) is 6.61 Å². The first-order valence-electron chi connectivity index (χ1n) is 6.31. The monoisotopic (exact) mass is 262 g/mol. The first-order valence-corrected chi connectivity index (χ1v) is 6.69. The number of halogens is 1. The summed E-state index contributed by atoms with van der Waals surface area (Å²) in [6, 6.07) is 5.83. The van der Waals surface area contributed by atoms with Crippen molar-refractivity contribution in [2.45, 2.75) is 26.7 Å². The topological polar surface area (TPSA) is 20.2 Å². The maximum absolute atomic E-state index is 9.62. The van der Waals surface area contributed by atoms with Gasteiger partial charge in [-0.2, -0.15) is 0 Å². The van der Waals surface area contributed by atoms with Crippen molar-refractivity contribution in [1.29, 1.82) is 0 Å². The molecule has 96 valence electrons. The SMILES string of the molecule is C=C(/C(CO)=C(\C)C1CC1)c1c(C)cccc1Cl. The molecular formula is C16H19ClO. The Bertz CT molecular complexity index is 490. The summed E-state index contributed by atoms with van der Waals surface area (Å²) in [7, 11) is 0. The Hall–Kier alpha value is -1.05. The van der Waals surface area contributed by atoms with E-state index in [0.717, 1.165) is 22.3 Å². The van der Waals surface area contributed by atoms with Gasteiger partial charge in [-0.15, -0.1) is 0 Å². The zero-order valence-electron chi connectivity index (χ0n) is 11.0. The number of aliphatic hydroxyl groups excluding tert-OH is 1. The lowest BCUT2D eigenvalue weighted by atomic mass is 9.92. The first kappa shape index (κ1) is 13.4. The molecule has 1 aliphatic rings. The van der Waals surface area contributed by atoms with Gasteiger partial charge in [0.25, 0.3) is 0 Å². The molecule has 1 nitrogen and oxygen atoms in total. The van der Waals surface area contributed by atoms with Gasteiger partial charge in [-0.1, -0.05) is 35.9 Å². The van der Waals surface area contributed by atoms with Crippen molar-refractivity contribution in [1.82, 2.24) is 0 Å². The zero-order valence-corrected chi connectivity index (χ0v) is 11.7. The summed E-state index contributed by atoms with van der Waals surface area (Å²) in [6.45, 7) is 8.30. The lowest BCUT2D eigenvalue weighted by Crippen LogP contribution is -2.01. The van der Waals surface area contributed by atoms with Crippen molar-refractivity contribution in [3.05, 3.63) is 52.1 Å². The van der Waals surface area contributed by atoms with E-state index in [1.54, 1.807) is 0 Å². The van der Waals surface area contributed by atoms with Gasteiger partial charge in [0.15, 0.2) is 0 Å². The molecule has 1 aromatic rings. The van der Waals surface area contributed by atoms with E-state index >= 15 is 0 Å². The largest absolute Gasteiger partial charge is 0.392 e. The molecule has 2 heteroatoms. The average Bonchev–Trinajstić information content (AvgIpc) is 3.13.